The fraction of sp³-hybridized carbons (Fsp3) is 0.136. The van der Waals surface area contributed by atoms with E-state index < -0.39 is 5.97 Å². The monoisotopic (exact) mass is 475 g/mol. The molecule has 3 aromatic rings. The Hall–Kier alpha value is -2.70. The second-order valence-electron chi connectivity index (χ2n) is 6.22. The number of benzene rings is 3. The average molecular weight is 477 g/mol. The van der Waals surface area contributed by atoms with Gasteiger partial charge in [-0.05, 0) is 41.5 Å². The zero-order valence-corrected chi connectivity index (χ0v) is 18.0. The first-order valence-corrected chi connectivity index (χ1v) is 9.95. The van der Waals surface area contributed by atoms with Gasteiger partial charge in [0, 0.05) is 16.7 Å². The molecule has 0 aromatic heterocycles. The molecule has 0 spiro atoms. The number of carboxylic acid groups (broad SMARTS) is 1. The van der Waals surface area contributed by atoms with E-state index in [2.05, 4.69) is 21.2 Å². The second-order valence-corrected chi connectivity index (χ2v) is 7.48. The zero-order valence-electron chi connectivity index (χ0n) is 15.6. The van der Waals surface area contributed by atoms with E-state index in [1.54, 1.807) is 19.2 Å². The number of hydrogen-bond donors (Lipinski definition) is 2. The molecule has 0 aliphatic rings. The molecule has 0 unspecified atom stereocenters. The highest BCUT2D eigenvalue weighted by Gasteiger charge is 2.12. The van der Waals surface area contributed by atoms with Crippen LogP contribution in [0.3, 0.4) is 0 Å². The van der Waals surface area contributed by atoms with Gasteiger partial charge in [0.1, 0.15) is 6.61 Å². The first-order valence-electron chi connectivity index (χ1n) is 8.77. The molecule has 7 heteroatoms. The normalized spacial score (nSPS) is 10.4. The molecule has 5 nitrogen and oxygen atoms in total. The van der Waals surface area contributed by atoms with Crippen molar-refractivity contribution in [3.05, 3.63) is 86.8 Å². The van der Waals surface area contributed by atoms with Crippen molar-refractivity contribution in [2.24, 2.45) is 0 Å². The quantitative estimate of drug-likeness (QED) is 0.417. The van der Waals surface area contributed by atoms with Crippen LogP contribution in [0.25, 0.3) is 0 Å². The summed E-state index contributed by atoms with van der Waals surface area (Å²) in [6.07, 6.45) is 0. The van der Waals surface area contributed by atoms with Crippen LogP contribution in [0.5, 0.6) is 11.5 Å². The maximum atomic E-state index is 11.1. The van der Waals surface area contributed by atoms with Crippen LogP contribution in [0.2, 0.25) is 5.02 Å². The largest absolute Gasteiger partial charge is 0.493 e. The van der Waals surface area contributed by atoms with E-state index in [0.29, 0.717) is 24.7 Å². The molecule has 0 saturated carbocycles. The Labute approximate surface area is 182 Å². The molecule has 0 saturated heterocycles. The van der Waals surface area contributed by atoms with Crippen LogP contribution in [-0.4, -0.2) is 18.2 Å². The Balaban J connectivity index is 1.71. The first kappa shape index (κ1) is 21.0. The van der Waals surface area contributed by atoms with E-state index in [4.69, 9.17) is 26.2 Å². The second kappa shape index (κ2) is 9.67. The number of hydrogen-bond acceptors (Lipinski definition) is 4. The maximum absolute atomic E-state index is 11.1. The molecule has 3 rings (SSSR count). The molecule has 0 amide bonds. The van der Waals surface area contributed by atoms with Gasteiger partial charge in [0.15, 0.2) is 11.5 Å². The third-order valence-electron chi connectivity index (χ3n) is 4.25. The number of ether oxygens (including phenoxy) is 2. The summed E-state index contributed by atoms with van der Waals surface area (Å²) >= 11 is 9.60. The molecule has 0 atom stereocenters. The maximum Gasteiger partial charge on any atom is 0.337 e. The van der Waals surface area contributed by atoms with Gasteiger partial charge in [0.05, 0.1) is 17.7 Å². The molecular formula is C22H19BrClNO4. The summed E-state index contributed by atoms with van der Waals surface area (Å²) in [5.41, 5.74) is 2.81. The third-order valence-corrected chi connectivity index (χ3v) is 5.30. The van der Waals surface area contributed by atoms with Crippen LogP contribution < -0.4 is 14.8 Å². The number of halogens is 2. The summed E-state index contributed by atoms with van der Waals surface area (Å²) < 4.78 is 12.3. The van der Waals surface area contributed by atoms with Crippen molar-refractivity contribution in [1.82, 2.24) is 0 Å². The van der Waals surface area contributed by atoms with Crippen molar-refractivity contribution in [1.29, 1.82) is 0 Å². The molecule has 0 heterocycles. The van der Waals surface area contributed by atoms with Crippen molar-refractivity contribution in [2.75, 3.05) is 12.4 Å². The fourth-order valence-corrected chi connectivity index (χ4v) is 3.44. The fourth-order valence-electron chi connectivity index (χ4n) is 2.72. The van der Waals surface area contributed by atoms with Crippen molar-refractivity contribution in [3.8, 4) is 11.5 Å². The summed E-state index contributed by atoms with van der Waals surface area (Å²) in [5.74, 6) is 0.209. The third kappa shape index (κ3) is 5.43. The number of carbonyl (C=O) groups is 1. The molecule has 0 bridgehead atoms. The van der Waals surface area contributed by atoms with Crippen LogP contribution in [0.1, 0.15) is 21.5 Å². The summed E-state index contributed by atoms with van der Waals surface area (Å²) in [5, 5.41) is 12.5. The minimum atomic E-state index is -1.06. The number of carboxylic acids is 1. The molecule has 0 aliphatic heterocycles. The molecule has 3 aromatic carbocycles. The highest BCUT2D eigenvalue weighted by molar-refractivity contribution is 9.10. The van der Waals surface area contributed by atoms with Gasteiger partial charge in [-0.15, -0.1) is 0 Å². The van der Waals surface area contributed by atoms with E-state index >= 15 is 0 Å². The molecule has 0 aliphatic carbocycles. The van der Waals surface area contributed by atoms with Crippen LogP contribution in [0.4, 0.5) is 5.69 Å². The number of anilines is 1. The van der Waals surface area contributed by atoms with Crippen molar-refractivity contribution >= 4 is 39.2 Å². The average Bonchev–Trinajstić information content (AvgIpc) is 2.72. The highest BCUT2D eigenvalue weighted by Crippen LogP contribution is 2.34. The molecule has 0 fully saturated rings. The van der Waals surface area contributed by atoms with Gasteiger partial charge in [-0.25, -0.2) is 4.79 Å². The Morgan fingerprint density at radius 3 is 2.52 bits per heavy atom. The lowest BCUT2D eigenvalue weighted by Crippen LogP contribution is -2.04. The summed E-state index contributed by atoms with van der Waals surface area (Å²) in [6.45, 7) is 0.925. The van der Waals surface area contributed by atoms with Gasteiger partial charge in [-0.3, -0.25) is 0 Å². The molecule has 150 valence electrons. The Morgan fingerprint density at radius 1 is 1.10 bits per heavy atom. The molecular weight excluding hydrogens is 458 g/mol. The van der Waals surface area contributed by atoms with Crippen molar-refractivity contribution in [2.45, 2.75) is 13.2 Å². The lowest BCUT2D eigenvalue weighted by molar-refractivity contribution is 0.0697. The van der Waals surface area contributed by atoms with Gasteiger partial charge in [0.2, 0.25) is 0 Å². The minimum Gasteiger partial charge on any atom is -0.493 e. The Bertz CT molecular complexity index is 1010. The van der Waals surface area contributed by atoms with Crippen molar-refractivity contribution in [3.63, 3.8) is 0 Å². The smallest absolute Gasteiger partial charge is 0.337 e. The lowest BCUT2D eigenvalue weighted by atomic mass is 10.1. The van der Waals surface area contributed by atoms with Gasteiger partial charge in [-0.2, -0.15) is 0 Å². The van der Waals surface area contributed by atoms with Crippen LogP contribution in [-0.2, 0) is 13.2 Å². The van der Waals surface area contributed by atoms with Gasteiger partial charge in [-0.1, -0.05) is 57.9 Å². The molecule has 2 N–H and O–H groups in total. The Morgan fingerprint density at radius 2 is 1.86 bits per heavy atom. The van der Waals surface area contributed by atoms with Gasteiger partial charge >= 0.3 is 5.97 Å². The molecule has 29 heavy (non-hydrogen) atoms. The lowest BCUT2D eigenvalue weighted by Gasteiger charge is -2.15. The number of aromatic carboxylic acids is 1. The first-order chi connectivity index (χ1) is 14.0. The summed E-state index contributed by atoms with van der Waals surface area (Å²) in [7, 11) is 1.60. The predicted molar refractivity (Wildman–Crippen MR) is 117 cm³/mol. The SMILES string of the molecule is COc1cc(CNc2ccc(C(=O)O)c(Cl)c2)c(Br)cc1OCc1ccccc1. The van der Waals surface area contributed by atoms with E-state index in [1.165, 1.54) is 6.07 Å². The highest BCUT2D eigenvalue weighted by atomic mass is 79.9. The number of nitrogens with one attached hydrogen (secondary N) is 1. The van der Waals surface area contributed by atoms with Crippen molar-refractivity contribution < 1.29 is 19.4 Å². The van der Waals surface area contributed by atoms with Gasteiger partial charge < -0.3 is 19.9 Å². The van der Waals surface area contributed by atoms with Gasteiger partial charge in [0.25, 0.3) is 0 Å². The van der Waals surface area contributed by atoms with E-state index in [0.717, 1.165) is 21.3 Å². The number of rotatable bonds is 8. The van der Waals surface area contributed by atoms with Crippen LogP contribution in [0.15, 0.2) is 65.1 Å². The van der Waals surface area contributed by atoms with Crippen LogP contribution >= 0.6 is 27.5 Å². The summed E-state index contributed by atoms with van der Waals surface area (Å²) in [6, 6.07) is 18.4. The minimum absolute atomic E-state index is 0.0694. The summed E-state index contributed by atoms with van der Waals surface area (Å²) in [4.78, 5) is 11.1. The number of methoxy groups -OCH3 is 1. The Kier molecular flexibility index (Phi) is 7.01. The zero-order chi connectivity index (χ0) is 20.8. The van der Waals surface area contributed by atoms with E-state index in [1.807, 2.05) is 42.5 Å². The molecule has 0 radical (unpaired) electrons. The van der Waals surface area contributed by atoms with Crippen LogP contribution in [0, 0.1) is 0 Å². The topological polar surface area (TPSA) is 67.8 Å². The van der Waals surface area contributed by atoms with E-state index in [-0.39, 0.29) is 10.6 Å². The standard InChI is InChI=1S/C22H19BrClNO4/c1-28-20-9-15(12-25-16-7-8-17(22(26)27)19(24)10-16)18(23)11-21(20)29-13-14-5-3-2-4-6-14/h2-11,25H,12-13H2,1H3,(H,26,27). The predicted octanol–water partition coefficient (Wildman–Crippen LogP) is 6.00. The van der Waals surface area contributed by atoms with E-state index in [9.17, 15) is 4.79 Å².